The quantitative estimate of drug-likeness (QED) is 0.846. The molecule has 0 unspecified atom stereocenters. The van der Waals surface area contributed by atoms with Gasteiger partial charge in [-0.05, 0) is 48.6 Å². The van der Waals surface area contributed by atoms with E-state index >= 15 is 0 Å². The van der Waals surface area contributed by atoms with Gasteiger partial charge in [0.15, 0.2) is 0 Å². The van der Waals surface area contributed by atoms with Crippen molar-refractivity contribution in [2.75, 3.05) is 11.4 Å². The Balaban J connectivity index is 1.95. The summed E-state index contributed by atoms with van der Waals surface area (Å²) in [4.78, 5) is 27.0. The topological polar surface area (TPSA) is 73.4 Å². The van der Waals surface area contributed by atoms with Gasteiger partial charge >= 0.3 is 12.1 Å². The van der Waals surface area contributed by atoms with Crippen LogP contribution in [0.1, 0.15) is 35.7 Å². The maximum absolute atomic E-state index is 13.2. The highest BCUT2D eigenvalue weighted by molar-refractivity contribution is 5.88. The molecule has 2 heterocycles. The third-order valence-electron chi connectivity index (χ3n) is 4.85. The van der Waals surface area contributed by atoms with Gasteiger partial charge in [-0.15, -0.1) is 0 Å². The molecule has 0 spiro atoms. The van der Waals surface area contributed by atoms with Crippen molar-refractivity contribution in [2.45, 2.75) is 38.4 Å². The van der Waals surface area contributed by atoms with Crippen LogP contribution in [-0.4, -0.2) is 34.8 Å². The zero-order valence-corrected chi connectivity index (χ0v) is 14.6. The van der Waals surface area contributed by atoms with E-state index < -0.39 is 23.7 Å². The van der Waals surface area contributed by atoms with Crippen molar-refractivity contribution in [3.63, 3.8) is 0 Å². The van der Waals surface area contributed by atoms with E-state index in [4.69, 9.17) is 5.11 Å². The summed E-state index contributed by atoms with van der Waals surface area (Å²) >= 11 is 0. The van der Waals surface area contributed by atoms with Crippen molar-refractivity contribution >= 4 is 11.7 Å². The second-order valence-corrected chi connectivity index (χ2v) is 6.51. The molecule has 1 atom stereocenters. The van der Waals surface area contributed by atoms with E-state index in [9.17, 15) is 22.8 Å². The molecule has 0 amide bonds. The summed E-state index contributed by atoms with van der Waals surface area (Å²) in [5.74, 6) is -1.31. The van der Waals surface area contributed by atoms with E-state index in [1.54, 1.807) is 24.3 Å². The summed E-state index contributed by atoms with van der Waals surface area (Å²) in [5.41, 5.74) is 1.17. The molecule has 0 radical (unpaired) electrons. The second kappa shape index (κ2) is 7.09. The molecule has 1 aromatic heterocycles. The lowest BCUT2D eigenvalue weighted by molar-refractivity contribution is -0.145. The average molecular weight is 380 g/mol. The first-order valence-corrected chi connectivity index (χ1v) is 8.65. The van der Waals surface area contributed by atoms with Gasteiger partial charge < -0.3 is 15.0 Å². The number of rotatable bonds is 4. The molecule has 1 fully saturated rings. The number of nitrogens with one attached hydrogen (secondary N) is 1. The number of hydrogen-bond acceptors (Lipinski definition) is 3. The van der Waals surface area contributed by atoms with Gasteiger partial charge in [0, 0.05) is 12.2 Å². The Morgan fingerprint density at radius 3 is 2.52 bits per heavy atom. The van der Waals surface area contributed by atoms with Gasteiger partial charge in [-0.1, -0.05) is 19.1 Å². The van der Waals surface area contributed by atoms with Gasteiger partial charge in [-0.3, -0.25) is 4.79 Å². The van der Waals surface area contributed by atoms with E-state index in [2.05, 4.69) is 4.98 Å². The molecule has 5 nitrogen and oxygen atoms in total. The minimum atomic E-state index is -4.28. The van der Waals surface area contributed by atoms with Gasteiger partial charge in [0.25, 0.3) is 5.56 Å². The molecular weight excluding hydrogens is 361 g/mol. The van der Waals surface area contributed by atoms with Crippen LogP contribution in [0, 0.1) is 0 Å². The molecule has 2 aromatic rings. The number of halogens is 3. The lowest BCUT2D eigenvalue weighted by Gasteiger charge is -2.28. The number of carboxylic acid groups (broad SMARTS) is 1. The van der Waals surface area contributed by atoms with Crippen molar-refractivity contribution in [3.05, 3.63) is 51.8 Å². The van der Waals surface area contributed by atoms with Crippen molar-refractivity contribution < 1.29 is 23.1 Å². The molecule has 8 heteroatoms. The van der Waals surface area contributed by atoms with Crippen LogP contribution >= 0.6 is 0 Å². The maximum atomic E-state index is 13.2. The summed E-state index contributed by atoms with van der Waals surface area (Å²) in [5, 5.41) is 9.08. The third-order valence-corrected chi connectivity index (χ3v) is 4.85. The fourth-order valence-corrected chi connectivity index (χ4v) is 3.50. The molecule has 0 aliphatic carbocycles. The highest BCUT2D eigenvalue weighted by Crippen LogP contribution is 2.36. The van der Waals surface area contributed by atoms with E-state index in [0.717, 1.165) is 0 Å². The van der Waals surface area contributed by atoms with Gasteiger partial charge in [0.05, 0.1) is 5.69 Å². The van der Waals surface area contributed by atoms with Crippen molar-refractivity contribution in [2.24, 2.45) is 0 Å². The Kier molecular flexibility index (Phi) is 4.99. The lowest BCUT2D eigenvalue weighted by atomic mass is 10.0. The smallest absolute Gasteiger partial charge is 0.408 e. The SMILES string of the molecule is CCc1cc(C(=O)O)c(=O)[nH]c1-c1ccc(N2CCC[C@@H]2C(F)(F)F)cc1. The zero-order chi connectivity index (χ0) is 19.8. The summed E-state index contributed by atoms with van der Waals surface area (Å²) in [6.45, 7) is 2.17. The molecule has 0 saturated carbocycles. The van der Waals surface area contributed by atoms with Gasteiger partial charge in [-0.2, -0.15) is 13.2 Å². The standard InChI is InChI=1S/C19H19F3N2O3/c1-2-11-10-14(18(26)27)17(25)23-16(11)12-5-7-13(8-6-12)24-9-3-4-15(24)19(20,21)22/h5-8,10,15H,2-4,9H2,1H3,(H,23,25)(H,26,27)/t15-/m1/s1. The van der Waals surface area contributed by atoms with Crippen LogP contribution in [0.2, 0.25) is 0 Å². The molecule has 1 aliphatic rings. The monoisotopic (exact) mass is 380 g/mol. The predicted octanol–water partition coefficient (Wildman–Crippen LogP) is 3.83. The first-order chi connectivity index (χ1) is 12.7. The van der Waals surface area contributed by atoms with E-state index in [0.29, 0.717) is 41.9 Å². The Hall–Kier alpha value is -2.77. The summed E-state index contributed by atoms with van der Waals surface area (Å²) in [6.07, 6.45) is -3.22. The largest absolute Gasteiger partial charge is 0.477 e. The second-order valence-electron chi connectivity index (χ2n) is 6.51. The number of anilines is 1. The predicted molar refractivity (Wildman–Crippen MR) is 95.3 cm³/mol. The number of carboxylic acids is 1. The molecule has 1 aliphatic heterocycles. The molecule has 3 rings (SSSR count). The average Bonchev–Trinajstić information content (AvgIpc) is 3.11. The molecule has 1 aromatic carbocycles. The van der Waals surface area contributed by atoms with Gasteiger partial charge in [0.1, 0.15) is 11.6 Å². The summed E-state index contributed by atoms with van der Waals surface area (Å²) in [6, 6.07) is 6.34. The Labute approximate surface area is 153 Å². The molecule has 27 heavy (non-hydrogen) atoms. The third kappa shape index (κ3) is 3.70. The maximum Gasteiger partial charge on any atom is 0.408 e. The van der Waals surface area contributed by atoms with Crippen LogP contribution in [0.25, 0.3) is 11.3 Å². The highest BCUT2D eigenvalue weighted by Gasteiger charge is 2.45. The molecule has 2 N–H and O–H groups in total. The lowest BCUT2D eigenvalue weighted by Crippen LogP contribution is -2.41. The first kappa shape index (κ1) is 19.0. The van der Waals surface area contributed by atoms with Crippen LogP contribution in [0.3, 0.4) is 0 Å². The number of H-pyrrole nitrogens is 1. The Morgan fingerprint density at radius 2 is 1.96 bits per heavy atom. The first-order valence-electron chi connectivity index (χ1n) is 8.65. The fourth-order valence-electron chi connectivity index (χ4n) is 3.50. The number of hydrogen-bond donors (Lipinski definition) is 2. The van der Waals surface area contributed by atoms with E-state index in [1.165, 1.54) is 11.0 Å². The molecule has 144 valence electrons. The minimum Gasteiger partial charge on any atom is -0.477 e. The number of pyridine rings is 1. The van der Waals surface area contributed by atoms with E-state index in [-0.39, 0.29) is 12.0 Å². The minimum absolute atomic E-state index is 0.0786. The van der Waals surface area contributed by atoms with Gasteiger partial charge in [0.2, 0.25) is 0 Å². The van der Waals surface area contributed by atoms with Crippen molar-refractivity contribution in [3.8, 4) is 11.3 Å². The number of benzene rings is 1. The number of aromatic carboxylic acids is 1. The van der Waals surface area contributed by atoms with Crippen molar-refractivity contribution in [1.82, 2.24) is 4.98 Å². The highest BCUT2D eigenvalue weighted by atomic mass is 19.4. The zero-order valence-electron chi connectivity index (χ0n) is 14.6. The van der Waals surface area contributed by atoms with E-state index in [1.807, 2.05) is 6.92 Å². The fraction of sp³-hybridized carbons (Fsp3) is 0.368. The summed E-state index contributed by atoms with van der Waals surface area (Å²) in [7, 11) is 0. The number of nitrogens with zero attached hydrogens (tertiary/aromatic N) is 1. The normalized spacial score (nSPS) is 17.3. The van der Waals surface area contributed by atoms with Crippen LogP contribution in [0.5, 0.6) is 0 Å². The van der Waals surface area contributed by atoms with Crippen LogP contribution < -0.4 is 10.5 Å². The number of aromatic nitrogens is 1. The number of alkyl halides is 3. The number of carbonyl (C=O) groups is 1. The molecule has 0 bridgehead atoms. The molecular formula is C19H19F3N2O3. The molecule has 1 saturated heterocycles. The van der Waals surface area contributed by atoms with Crippen LogP contribution in [0.15, 0.2) is 35.1 Å². The van der Waals surface area contributed by atoms with Crippen LogP contribution in [-0.2, 0) is 6.42 Å². The van der Waals surface area contributed by atoms with Crippen molar-refractivity contribution in [1.29, 1.82) is 0 Å². The summed E-state index contributed by atoms with van der Waals surface area (Å²) < 4.78 is 39.5. The van der Waals surface area contributed by atoms with Gasteiger partial charge in [-0.25, -0.2) is 4.79 Å². The van der Waals surface area contributed by atoms with Crippen LogP contribution in [0.4, 0.5) is 18.9 Å². The Bertz CT molecular complexity index is 904. The Morgan fingerprint density at radius 1 is 1.30 bits per heavy atom. The number of aromatic amines is 1. The number of aryl methyl sites for hydroxylation is 1.